The molecular formula is C12H18F2O4. The number of carboxylic acid groups (broad SMARTS) is 1. The van der Waals surface area contributed by atoms with Gasteiger partial charge in [-0.05, 0) is 34.1 Å². The molecule has 0 bridgehead atoms. The van der Waals surface area contributed by atoms with Crippen LogP contribution in [0.2, 0.25) is 0 Å². The van der Waals surface area contributed by atoms with E-state index in [1.165, 1.54) is 0 Å². The number of aliphatic carboxylic acids is 1. The van der Waals surface area contributed by atoms with E-state index in [0.29, 0.717) is 6.92 Å². The van der Waals surface area contributed by atoms with E-state index in [-0.39, 0.29) is 6.42 Å². The van der Waals surface area contributed by atoms with Gasteiger partial charge in [0.15, 0.2) is 0 Å². The third kappa shape index (κ3) is 3.17. The van der Waals surface area contributed by atoms with E-state index < -0.39 is 41.2 Å². The Hall–Kier alpha value is -1.20. The lowest BCUT2D eigenvalue weighted by molar-refractivity contribution is -0.162. The summed E-state index contributed by atoms with van der Waals surface area (Å²) in [5.74, 6) is -6.51. The molecular weight excluding hydrogens is 246 g/mol. The summed E-state index contributed by atoms with van der Waals surface area (Å²) < 4.78 is 31.2. The predicted molar refractivity (Wildman–Crippen MR) is 59.3 cm³/mol. The second kappa shape index (κ2) is 4.17. The van der Waals surface area contributed by atoms with Crippen LogP contribution in [0.3, 0.4) is 0 Å². The van der Waals surface area contributed by atoms with Crippen LogP contribution in [0, 0.1) is 11.3 Å². The molecule has 1 aliphatic rings. The maximum absolute atomic E-state index is 13.1. The lowest BCUT2D eigenvalue weighted by Crippen LogP contribution is -2.31. The van der Waals surface area contributed by atoms with Crippen LogP contribution in [0.1, 0.15) is 40.5 Å². The van der Waals surface area contributed by atoms with E-state index >= 15 is 0 Å². The van der Waals surface area contributed by atoms with Crippen LogP contribution >= 0.6 is 0 Å². The highest BCUT2D eigenvalue weighted by Crippen LogP contribution is 2.62. The van der Waals surface area contributed by atoms with Gasteiger partial charge in [-0.2, -0.15) is 0 Å². The summed E-state index contributed by atoms with van der Waals surface area (Å²) in [5, 5.41) is 9.04. The molecule has 1 aliphatic carbocycles. The van der Waals surface area contributed by atoms with Crippen LogP contribution in [0.15, 0.2) is 0 Å². The number of ether oxygens (including phenoxy) is 1. The highest BCUT2D eigenvalue weighted by Gasteiger charge is 2.69. The largest absolute Gasteiger partial charge is 0.481 e. The van der Waals surface area contributed by atoms with Gasteiger partial charge in [0, 0.05) is 5.92 Å². The molecule has 0 unspecified atom stereocenters. The highest BCUT2D eigenvalue weighted by atomic mass is 19.3. The van der Waals surface area contributed by atoms with Gasteiger partial charge in [0.1, 0.15) is 5.60 Å². The van der Waals surface area contributed by atoms with Crippen molar-refractivity contribution in [3.8, 4) is 0 Å². The fourth-order valence-corrected chi connectivity index (χ4v) is 2.11. The molecule has 0 aromatic heterocycles. The Kier molecular flexibility index (Phi) is 3.44. The van der Waals surface area contributed by atoms with Gasteiger partial charge < -0.3 is 9.84 Å². The van der Waals surface area contributed by atoms with Crippen LogP contribution in [0.5, 0.6) is 0 Å². The van der Waals surface area contributed by atoms with Crippen molar-refractivity contribution in [1.82, 2.24) is 0 Å². The number of carbonyl (C=O) groups is 2. The van der Waals surface area contributed by atoms with Crippen molar-refractivity contribution in [3.05, 3.63) is 0 Å². The maximum Gasteiger partial charge on any atom is 0.310 e. The van der Waals surface area contributed by atoms with Crippen molar-refractivity contribution in [2.24, 2.45) is 11.3 Å². The van der Waals surface area contributed by atoms with Gasteiger partial charge in [0.2, 0.25) is 5.92 Å². The zero-order valence-electron chi connectivity index (χ0n) is 10.9. The average molecular weight is 264 g/mol. The van der Waals surface area contributed by atoms with E-state index in [9.17, 15) is 18.4 Å². The Balaban J connectivity index is 2.75. The van der Waals surface area contributed by atoms with Crippen LogP contribution in [-0.2, 0) is 14.3 Å². The molecule has 0 amide bonds. The number of carbonyl (C=O) groups excluding carboxylic acids is 1. The quantitative estimate of drug-likeness (QED) is 0.792. The minimum atomic E-state index is -3.10. The Morgan fingerprint density at radius 1 is 1.33 bits per heavy atom. The second-order valence-corrected chi connectivity index (χ2v) is 5.94. The zero-order chi connectivity index (χ0) is 14.4. The van der Waals surface area contributed by atoms with E-state index in [1.54, 1.807) is 20.8 Å². The summed E-state index contributed by atoms with van der Waals surface area (Å²) in [5.41, 5.74) is -2.42. The standard InChI is InChI=1S/C12H18F2O4/c1-10(2,3)18-8(15)6-12(9(16)17)5-7(12)11(4,13)14/h7H,5-6H2,1-4H3,(H,16,17)/t7-,12+/m0/s1. The Labute approximate surface area is 104 Å². The SMILES string of the molecule is CC(C)(C)OC(=O)C[C@]1(C(=O)O)C[C@H]1C(C)(F)F. The molecule has 1 rings (SSSR count). The molecule has 1 saturated carbocycles. The number of esters is 1. The molecule has 0 aromatic rings. The van der Waals surface area contributed by atoms with Gasteiger partial charge in [-0.15, -0.1) is 0 Å². The Morgan fingerprint density at radius 2 is 1.83 bits per heavy atom. The molecule has 1 fully saturated rings. The topological polar surface area (TPSA) is 63.6 Å². The van der Waals surface area contributed by atoms with E-state index in [1.807, 2.05) is 0 Å². The van der Waals surface area contributed by atoms with Crippen LogP contribution in [-0.4, -0.2) is 28.6 Å². The van der Waals surface area contributed by atoms with E-state index in [0.717, 1.165) is 0 Å². The molecule has 4 nitrogen and oxygen atoms in total. The molecule has 0 aliphatic heterocycles. The summed E-state index contributed by atoms with van der Waals surface area (Å²) in [6.45, 7) is 5.59. The fourth-order valence-electron chi connectivity index (χ4n) is 2.11. The first-order valence-corrected chi connectivity index (χ1v) is 5.71. The predicted octanol–water partition coefficient (Wildman–Crippen LogP) is 2.46. The monoisotopic (exact) mass is 264 g/mol. The first-order chi connectivity index (χ1) is 7.88. The lowest BCUT2D eigenvalue weighted by atomic mass is 9.96. The summed E-state index contributed by atoms with van der Waals surface area (Å²) in [4.78, 5) is 22.7. The fraction of sp³-hybridized carbons (Fsp3) is 0.833. The van der Waals surface area contributed by atoms with Crippen molar-refractivity contribution in [1.29, 1.82) is 0 Å². The molecule has 0 heterocycles. The normalized spacial score (nSPS) is 27.8. The van der Waals surface area contributed by atoms with Gasteiger partial charge in [0.05, 0.1) is 11.8 Å². The number of carboxylic acids is 1. The zero-order valence-corrected chi connectivity index (χ0v) is 10.9. The summed E-state index contributed by atoms with van der Waals surface area (Å²) in [7, 11) is 0. The lowest BCUT2D eigenvalue weighted by Gasteiger charge is -2.22. The Morgan fingerprint density at radius 3 is 2.11 bits per heavy atom. The number of alkyl halides is 2. The third-order valence-electron chi connectivity index (χ3n) is 2.99. The number of halogens is 2. The van der Waals surface area contributed by atoms with Crippen molar-refractivity contribution in [2.75, 3.05) is 0 Å². The van der Waals surface area contributed by atoms with Gasteiger partial charge >= 0.3 is 11.9 Å². The number of rotatable bonds is 4. The molecule has 2 atom stereocenters. The molecule has 1 N–H and O–H groups in total. The van der Waals surface area contributed by atoms with Crippen molar-refractivity contribution in [2.45, 2.75) is 52.1 Å². The molecule has 0 spiro atoms. The smallest absolute Gasteiger partial charge is 0.310 e. The molecule has 104 valence electrons. The summed E-state index contributed by atoms with van der Waals surface area (Å²) >= 11 is 0. The minimum absolute atomic E-state index is 0.189. The second-order valence-electron chi connectivity index (χ2n) is 5.94. The van der Waals surface area contributed by atoms with Gasteiger partial charge in [-0.3, -0.25) is 9.59 Å². The van der Waals surface area contributed by atoms with Crippen molar-refractivity contribution < 1.29 is 28.2 Å². The third-order valence-corrected chi connectivity index (χ3v) is 2.99. The summed E-state index contributed by atoms with van der Waals surface area (Å²) in [6, 6.07) is 0. The Bertz CT molecular complexity index is 367. The number of hydrogen-bond acceptors (Lipinski definition) is 3. The van der Waals surface area contributed by atoms with Crippen LogP contribution < -0.4 is 0 Å². The van der Waals surface area contributed by atoms with Crippen molar-refractivity contribution >= 4 is 11.9 Å². The van der Waals surface area contributed by atoms with Gasteiger partial charge in [-0.25, -0.2) is 8.78 Å². The van der Waals surface area contributed by atoms with Crippen molar-refractivity contribution in [3.63, 3.8) is 0 Å². The molecule has 18 heavy (non-hydrogen) atoms. The van der Waals surface area contributed by atoms with E-state index in [2.05, 4.69) is 0 Å². The number of hydrogen-bond donors (Lipinski definition) is 1. The maximum atomic E-state index is 13.1. The average Bonchev–Trinajstić information content (AvgIpc) is 2.75. The first kappa shape index (κ1) is 14.9. The van der Waals surface area contributed by atoms with Crippen LogP contribution in [0.4, 0.5) is 8.78 Å². The summed E-state index contributed by atoms with van der Waals surface area (Å²) in [6.07, 6.45) is -0.696. The van der Waals surface area contributed by atoms with E-state index in [4.69, 9.17) is 9.84 Å². The molecule has 0 saturated heterocycles. The minimum Gasteiger partial charge on any atom is -0.481 e. The molecule has 0 aromatic carbocycles. The van der Waals surface area contributed by atoms with Crippen LogP contribution in [0.25, 0.3) is 0 Å². The molecule has 6 heteroatoms. The van der Waals surface area contributed by atoms with Gasteiger partial charge in [0.25, 0.3) is 0 Å². The highest BCUT2D eigenvalue weighted by molar-refractivity contribution is 5.85. The molecule has 0 radical (unpaired) electrons. The first-order valence-electron chi connectivity index (χ1n) is 5.71. The van der Waals surface area contributed by atoms with Gasteiger partial charge in [-0.1, -0.05) is 0 Å².